The maximum absolute atomic E-state index is 14.3. The van der Waals surface area contributed by atoms with Crippen LogP contribution >= 0.6 is 0 Å². The van der Waals surface area contributed by atoms with Crippen LogP contribution in [0.15, 0.2) is 39.8 Å². The first-order valence-corrected chi connectivity index (χ1v) is 9.68. The van der Waals surface area contributed by atoms with Gasteiger partial charge in [-0.25, -0.2) is 22.3 Å². The Labute approximate surface area is 167 Å². The van der Waals surface area contributed by atoms with E-state index in [0.717, 1.165) is 6.07 Å². The summed E-state index contributed by atoms with van der Waals surface area (Å²) in [6.07, 6.45) is -4.93. The van der Waals surface area contributed by atoms with Crippen LogP contribution in [0.2, 0.25) is 0 Å². The summed E-state index contributed by atoms with van der Waals surface area (Å²) in [4.78, 5) is -1.31. The maximum Gasteiger partial charge on any atom is 0.573 e. The van der Waals surface area contributed by atoms with E-state index in [2.05, 4.69) is 9.89 Å². The van der Waals surface area contributed by atoms with Crippen molar-refractivity contribution in [1.29, 1.82) is 0 Å². The zero-order valence-electron chi connectivity index (χ0n) is 15.3. The number of sulfonamides is 1. The molecule has 3 rings (SSSR count). The molecule has 1 heterocycles. The third kappa shape index (κ3) is 4.28. The number of alkyl halides is 3. The van der Waals surface area contributed by atoms with Gasteiger partial charge in [-0.3, -0.25) is 0 Å². The fourth-order valence-electron chi connectivity index (χ4n) is 2.87. The van der Waals surface area contributed by atoms with Crippen LogP contribution in [0, 0.1) is 25.5 Å². The molecule has 0 bridgehead atoms. The molecule has 12 heteroatoms. The van der Waals surface area contributed by atoms with Crippen LogP contribution in [0.1, 0.15) is 11.3 Å². The van der Waals surface area contributed by atoms with E-state index >= 15 is 0 Å². The summed E-state index contributed by atoms with van der Waals surface area (Å²) in [5.41, 5.74) is 0.178. The third-order valence-corrected chi connectivity index (χ3v) is 5.08. The van der Waals surface area contributed by atoms with Gasteiger partial charge in [0.2, 0.25) is 10.0 Å². The molecular formula is C18H13F5N2O4S. The first kappa shape index (κ1) is 21.7. The first-order chi connectivity index (χ1) is 13.8. The minimum atomic E-state index is -4.93. The second-order valence-electron chi connectivity index (χ2n) is 6.30. The van der Waals surface area contributed by atoms with Gasteiger partial charge in [-0.15, -0.1) is 13.2 Å². The molecule has 0 spiro atoms. The average molecular weight is 448 g/mol. The van der Waals surface area contributed by atoms with Crippen molar-refractivity contribution in [3.63, 3.8) is 0 Å². The summed E-state index contributed by atoms with van der Waals surface area (Å²) >= 11 is 0. The summed E-state index contributed by atoms with van der Waals surface area (Å²) in [5, 5.41) is 8.58. The Morgan fingerprint density at radius 2 is 1.63 bits per heavy atom. The zero-order valence-corrected chi connectivity index (χ0v) is 16.2. The summed E-state index contributed by atoms with van der Waals surface area (Å²) in [5.74, 6) is -3.28. The quantitative estimate of drug-likeness (QED) is 0.595. The predicted octanol–water partition coefficient (Wildman–Crippen LogP) is 4.45. The molecule has 0 aliphatic carbocycles. The molecule has 3 aromatic rings. The number of rotatable bonds is 4. The van der Waals surface area contributed by atoms with Crippen LogP contribution in [-0.2, 0) is 10.0 Å². The molecule has 0 aliphatic heterocycles. The summed E-state index contributed by atoms with van der Waals surface area (Å²) in [6, 6.07) is 5.25. The summed E-state index contributed by atoms with van der Waals surface area (Å²) in [6.45, 7) is 2.81. The number of hydrogen-bond acceptors (Lipinski definition) is 5. The standard InChI is InChI=1S/C18H13F5N2O4S/c1-8-3-4-10(7-14(8)28-18(21,22)23)16-15(9(2)29-25-16)11-5-12(19)17(13(20)6-11)30(24,26)27/h3-7H,1-2H3,(H2,24,26,27). The van der Waals surface area contributed by atoms with E-state index in [4.69, 9.17) is 9.66 Å². The number of hydrogen-bond donors (Lipinski definition) is 1. The number of halogens is 5. The monoisotopic (exact) mass is 448 g/mol. The molecule has 0 amide bonds. The third-order valence-electron chi connectivity index (χ3n) is 4.12. The molecule has 1 aromatic heterocycles. The van der Waals surface area contributed by atoms with Crippen molar-refractivity contribution < 1.29 is 39.6 Å². The lowest BCUT2D eigenvalue weighted by atomic mass is 9.98. The molecule has 160 valence electrons. The Kier molecular flexibility index (Phi) is 5.33. The molecule has 0 saturated heterocycles. The minimum absolute atomic E-state index is 0.0262. The second kappa shape index (κ2) is 7.36. The molecule has 0 aliphatic rings. The highest BCUT2D eigenvalue weighted by Gasteiger charge is 2.32. The van der Waals surface area contributed by atoms with Crippen molar-refractivity contribution in [3.05, 3.63) is 53.3 Å². The lowest BCUT2D eigenvalue weighted by molar-refractivity contribution is -0.274. The van der Waals surface area contributed by atoms with E-state index in [0.29, 0.717) is 12.1 Å². The Morgan fingerprint density at radius 3 is 2.17 bits per heavy atom. The lowest BCUT2D eigenvalue weighted by Crippen LogP contribution is -2.17. The van der Waals surface area contributed by atoms with Crippen LogP contribution in [0.3, 0.4) is 0 Å². The van der Waals surface area contributed by atoms with Crippen molar-refractivity contribution in [2.24, 2.45) is 5.14 Å². The van der Waals surface area contributed by atoms with E-state index in [1.807, 2.05) is 0 Å². The molecule has 0 saturated carbocycles. The second-order valence-corrected chi connectivity index (χ2v) is 7.80. The lowest BCUT2D eigenvalue weighted by Gasteiger charge is -2.13. The van der Waals surface area contributed by atoms with E-state index in [1.54, 1.807) is 0 Å². The van der Waals surface area contributed by atoms with Gasteiger partial charge in [0.1, 0.15) is 28.8 Å². The van der Waals surface area contributed by atoms with E-state index in [1.165, 1.54) is 26.0 Å². The molecular weight excluding hydrogens is 435 g/mol. The van der Waals surface area contributed by atoms with Gasteiger partial charge in [-0.1, -0.05) is 17.3 Å². The van der Waals surface area contributed by atoms with Gasteiger partial charge in [0.15, 0.2) is 4.90 Å². The highest BCUT2D eigenvalue weighted by Crippen LogP contribution is 2.38. The van der Waals surface area contributed by atoms with Crippen molar-refractivity contribution >= 4 is 10.0 Å². The largest absolute Gasteiger partial charge is 0.573 e. The highest BCUT2D eigenvalue weighted by molar-refractivity contribution is 7.89. The fraction of sp³-hybridized carbons (Fsp3) is 0.167. The van der Waals surface area contributed by atoms with Crippen molar-refractivity contribution in [1.82, 2.24) is 5.16 Å². The molecule has 2 aromatic carbocycles. The topological polar surface area (TPSA) is 95.4 Å². The Balaban J connectivity index is 2.17. The summed E-state index contributed by atoms with van der Waals surface area (Å²) in [7, 11) is -4.66. The van der Waals surface area contributed by atoms with Crippen LogP contribution < -0.4 is 9.88 Å². The average Bonchev–Trinajstić information content (AvgIpc) is 2.95. The molecule has 0 radical (unpaired) electrons. The highest BCUT2D eigenvalue weighted by atomic mass is 32.2. The Morgan fingerprint density at radius 1 is 1.03 bits per heavy atom. The zero-order chi connectivity index (χ0) is 22.4. The van der Waals surface area contributed by atoms with Gasteiger partial charge in [0.05, 0.1) is 5.56 Å². The number of ether oxygens (including phenoxy) is 1. The van der Waals surface area contributed by atoms with Gasteiger partial charge in [0, 0.05) is 5.56 Å². The number of nitrogens with two attached hydrogens (primary N) is 1. The molecule has 0 unspecified atom stereocenters. The molecule has 30 heavy (non-hydrogen) atoms. The first-order valence-electron chi connectivity index (χ1n) is 8.13. The van der Waals surface area contributed by atoms with Gasteiger partial charge < -0.3 is 9.26 Å². The Bertz CT molecular complexity index is 1210. The van der Waals surface area contributed by atoms with Crippen molar-refractivity contribution in [3.8, 4) is 28.1 Å². The number of primary sulfonamides is 1. The fourth-order valence-corrected chi connectivity index (χ4v) is 3.53. The summed E-state index contributed by atoms with van der Waals surface area (Å²) < 4.78 is 98.2. The number of aryl methyl sites for hydroxylation is 2. The van der Waals surface area contributed by atoms with Gasteiger partial charge in [-0.05, 0) is 43.2 Å². The molecule has 0 fully saturated rings. The van der Waals surface area contributed by atoms with Gasteiger partial charge in [-0.2, -0.15) is 0 Å². The number of benzene rings is 2. The number of aromatic nitrogens is 1. The van der Waals surface area contributed by atoms with Crippen LogP contribution in [0.25, 0.3) is 22.4 Å². The van der Waals surface area contributed by atoms with Crippen molar-refractivity contribution in [2.75, 3.05) is 0 Å². The maximum atomic E-state index is 14.3. The molecule has 2 N–H and O–H groups in total. The van der Waals surface area contributed by atoms with Gasteiger partial charge in [0.25, 0.3) is 0 Å². The predicted molar refractivity (Wildman–Crippen MR) is 94.8 cm³/mol. The number of nitrogens with zero attached hydrogens (tertiary/aromatic N) is 1. The SMILES string of the molecule is Cc1ccc(-c2noc(C)c2-c2cc(F)c(S(N)(=O)=O)c(F)c2)cc1OC(F)(F)F. The van der Waals surface area contributed by atoms with E-state index in [-0.39, 0.29) is 33.7 Å². The molecule has 6 nitrogen and oxygen atoms in total. The normalized spacial score (nSPS) is 12.3. The van der Waals surface area contributed by atoms with E-state index < -0.39 is 38.7 Å². The molecule has 0 atom stereocenters. The van der Waals surface area contributed by atoms with Crippen LogP contribution in [-0.4, -0.2) is 19.9 Å². The van der Waals surface area contributed by atoms with Crippen LogP contribution in [0.5, 0.6) is 5.75 Å². The van der Waals surface area contributed by atoms with E-state index in [9.17, 15) is 30.4 Å². The van der Waals surface area contributed by atoms with Crippen molar-refractivity contribution in [2.45, 2.75) is 25.1 Å². The van der Waals surface area contributed by atoms with Gasteiger partial charge >= 0.3 is 6.36 Å². The van der Waals surface area contributed by atoms with Crippen LogP contribution in [0.4, 0.5) is 22.0 Å². The smallest absolute Gasteiger partial charge is 0.405 e. The Hall–Kier alpha value is -2.99. The minimum Gasteiger partial charge on any atom is -0.405 e.